The molecule has 0 aliphatic heterocycles. The van der Waals surface area contributed by atoms with Gasteiger partial charge in [-0.25, -0.2) is 0 Å². The molecule has 0 unspecified atom stereocenters. The number of thioether (sulfide) groups is 1. The van der Waals surface area contributed by atoms with Crippen molar-refractivity contribution in [1.82, 2.24) is 4.90 Å². The van der Waals surface area contributed by atoms with Crippen LogP contribution in [-0.4, -0.2) is 37.4 Å². The van der Waals surface area contributed by atoms with Crippen molar-refractivity contribution in [3.63, 3.8) is 0 Å². The van der Waals surface area contributed by atoms with E-state index in [0.717, 1.165) is 36.7 Å². The first kappa shape index (κ1) is 16.3. The van der Waals surface area contributed by atoms with Gasteiger partial charge in [0.05, 0.1) is 7.11 Å². The van der Waals surface area contributed by atoms with Crippen LogP contribution in [0.5, 0.6) is 5.75 Å². The van der Waals surface area contributed by atoms with Crippen LogP contribution in [-0.2, 0) is 0 Å². The highest BCUT2D eigenvalue weighted by molar-refractivity contribution is 7.99. The Labute approximate surface area is 121 Å². The number of hydrogen-bond donors (Lipinski definition) is 1. The molecule has 0 aromatic heterocycles. The van der Waals surface area contributed by atoms with Gasteiger partial charge in [-0.15, -0.1) is 11.8 Å². The van der Waals surface area contributed by atoms with E-state index in [-0.39, 0.29) is 6.04 Å². The minimum atomic E-state index is -0.00731. The summed E-state index contributed by atoms with van der Waals surface area (Å²) in [5.41, 5.74) is 7.19. The minimum absolute atomic E-state index is 0.00731. The number of nitrogens with two attached hydrogens (primary N) is 1. The molecule has 0 bridgehead atoms. The van der Waals surface area contributed by atoms with Gasteiger partial charge in [0, 0.05) is 28.8 Å². The molecule has 0 heterocycles. The molecular formula is C15H26N2OS. The van der Waals surface area contributed by atoms with Gasteiger partial charge in [0.25, 0.3) is 0 Å². The lowest BCUT2D eigenvalue weighted by molar-refractivity contribution is 0.324. The van der Waals surface area contributed by atoms with E-state index >= 15 is 0 Å². The molecule has 2 N–H and O–H groups in total. The van der Waals surface area contributed by atoms with Crippen LogP contribution < -0.4 is 10.5 Å². The van der Waals surface area contributed by atoms with Crippen molar-refractivity contribution in [2.45, 2.75) is 31.7 Å². The first-order chi connectivity index (χ1) is 9.13. The predicted octanol–water partition coefficient (Wildman–Crippen LogP) is 3.15. The Bertz CT molecular complexity index is 378. The Morgan fingerprint density at radius 2 is 2.00 bits per heavy atom. The molecule has 0 spiro atoms. The van der Waals surface area contributed by atoms with Crippen molar-refractivity contribution in [3.05, 3.63) is 23.8 Å². The Morgan fingerprint density at radius 3 is 2.53 bits per heavy atom. The average molecular weight is 282 g/mol. The average Bonchev–Trinajstić information content (AvgIpc) is 2.42. The minimum Gasteiger partial charge on any atom is -0.496 e. The van der Waals surface area contributed by atoms with Crippen molar-refractivity contribution in [3.8, 4) is 5.75 Å². The van der Waals surface area contributed by atoms with E-state index in [1.54, 1.807) is 7.11 Å². The lowest BCUT2D eigenvalue weighted by Gasteiger charge is -2.19. The molecule has 1 rings (SSSR count). The first-order valence-electron chi connectivity index (χ1n) is 6.91. The van der Waals surface area contributed by atoms with Gasteiger partial charge in [-0.05, 0) is 32.1 Å². The Balaban J connectivity index is 2.72. The molecule has 0 radical (unpaired) electrons. The van der Waals surface area contributed by atoms with Gasteiger partial charge in [-0.1, -0.05) is 19.9 Å². The van der Waals surface area contributed by atoms with Crippen molar-refractivity contribution >= 4 is 11.8 Å². The maximum atomic E-state index is 6.07. The summed E-state index contributed by atoms with van der Waals surface area (Å²) in [4.78, 5) is 3.67. The van der Waals surface area contributed by atoms with E-state index in [1.807, 2.05) is 30.8 Å². The van der Waals surface area contributed by atoms with Crippen LogP contribution in [0.15, 0.2) is 23.1 Å². The molecule has 19 heavy (non-hydrogen) atoms. The summed E-state index contributed by atoms with van der Waals surface area (Å²) in [6, 6.07) is 6.14. The van der Waals surface area contributed by atoms with Crippen molar-refractivity contribution in [2.75, 3.05) is 32.5 Å². The maximum Gasteiger partial charge on any atom is 0.124 e. The number of methoxy groups -OCH3 is 1. The normalized spacial score (nSPS) is 12.7. The van der Waals surface area contributed by atoms with Gasteiger partial charge in [0.1, 0.15) is 5.75 Å². The predicted molar refractivity (Wildman–Crippen MR) is 84.1 cm³/mol. The zero-order valence-electron chi connectivity index (χ0n) is 12.5. The van der Waals surface area contributed by atoms with E-state index in [1.165, 1.54) is 4.90 Å². The topological polar surface area (TPSA) is 38.5 Å². The molecule has 4 heteroatoms. The van der Waals surface area contributed by atoms with E-state index in [0.29, 0.717) is 0 Å². The molecule has 1 aromatic carbocycles. The Kier molecular flexibility index (Phi) is 7.28. The van der Waals surface area contributed by atoms with Gasteiger partial charge >= 0.3 is 0 Å². The molecule has 108 valence electrons. The summed E-state index contributed by atoms with van der Waals surface area (Å²) in [5.74, 6) is 1.97. The number of ether oxygens (including phenoxy) is 1. The third-order valence-corrected chi connectivity index (χ3v) is 4.31. The van der Waals surface area contributed by atoms with E-state index in [2.05, 4.69) is 24.8 Å². The smallest absolute Gasteiger partial charge is 0.124 e. The van der Waals surface area contributed by atoms with Gasteiger partial charge in [0.15, 0.2) is 0 Å². The molecule has 0 aliphatic carbocycles. The fraction of sp³-hybridized carbons (Fsp3) is 0.600. The Hall–Kier alpha value is -0.710. The highest BCUT2D eigenvalue weighted by atomic mass is 32.2. The number of benzene rings is 1. The van der Waals surface area contributed by atoms with E-state index in [9.17, 15) is 0 Å². The van der Waals surface area contributed by atoms with Crippen LogP contribution in [0, 0.1) is 0 Å². The summed E-state index contributed by atoms with van der Waals surface area (Å²) in [7, 11) is 1.70. The van der Waals surface area contributed by atoms with Crippen molar-refractivity contribution in [1.29, 1.82) is 0 Å². The SMILES string of the molecule is CCN(CC)CCSc1cccc(OC)c1[C@@H](C)N. The largest absolute Gasteiger partial charge is 0.496 e. The second-order valence-electron chi connectivity index (χ2n) is 4.54. The lowest BCUT2D eigenvalue weighted by atomic mass is 10.1. The van der Waals surface area contributed by atoms with Crippen molar-refractivity contribution < 1.29 is 4.74 Å². The zero-order chi connectivity index (χ0) is 14.3. The quantitative estimate of drug-likeness (QED) is 0.743. The van der Waals surface area contributed by atoms with Crippen LogP contribution in [0.3, 0.4) is 0 Å². The van der Waals surface area contributed by atoms with Crippen LogP contribution in [0.1, 0.15) is 32.4 Å². The summed E-state index contributed by atoms with van der Waals surface area (Å²) < 4.78 is 5.41. The highest BCUT2D eigenvalue weighted by Gasteiger charge is 2.13. The van der Waals surface area contributed by atoms with Gasteiger partial charge in [0.2, 0.25) is 0 Å². The van der Waals surface area contributed by atoms with Crippen LogP contribution in [0.25, 0.3) is 0 Å². The van der Waals surface area contributed by atoms with E-state index in [4.69, 9.17) is 10.5 Å². The zero-order valence-corrected chi connectivity index (χ0v) is 13.3. The van der Waals surface area contributed by atoms with Gasteiger partial charge in [-0.2, -0.15) is 0 Å². The van der Waals surface area contributed by atoms with E-state index < -0.39 is 0 Å². The third-order valence-electron chi connectivity index (χ3n) is 3.26. The fourth-order valence-corrected chi connectivity index (χ4v) is 3.29. The molecule has 0 amide bonds. The third kappa shape index (κ3) is 4.71. The highest BCUT2D eigenvalue weighted by Crippen LogP contribution is 2.33. The number of rotatable bonds is 8. The van der Waals surface area contributed by atoms with Gasteiger partial charge in [-0.3, -0.25) is 0 Å². The molecule has 0 aliphatic rings. The number of hydrogen-bond acceptors (Lipinski definition) is 4. The monoisotopic (exact) mass is 282 g/mol. The second-order valence-corrected chi connectivity index (χ2v) is 5.67. The molecule has 0 fully saturated rings. The van der Waals surface area contributed by atoms with Crippen LogP contribution in [0.4, 0.5) is 0 Å². The molecule has 1 aromatic rings. The summed E-state index contributed by atoms with van der Waals surface area (Å²) in [6.45, 7) is 9.73. The number of nitrogens with zero attached hydrogens (tertiary/aromatic N) is 1. The van der Waals surface area contributed by atoms with Gasteiger partial charge < -0.3 is 15.4 Å². The molecule has 0 saturated heterocycles. The summed E-state index contributed by atoms with van der Waals surface area (Å²) >= 11 is 1.86. The summed E-state index contributed by atoms with van der Waals surface area (Å²) in [6.07, 6.45) is 0. The maximum absolute atomic E-state index is 6.07. The molecule has 3 nitrogen and oxygen atoms in total. The van der Waals surface area contributed by atoms with Crippen LogP contribution >= 0.6 is 11.8 Å². The molecule has 1 atom stereocenters. The van der Waals surface area contributed by atoms with Crippen LogP contribution in [0.2, 0.25) is 0 Å². The molecular weight excluding hydrogens is 256 g/mol. The Morgan fingerprint density at radius 1 is 1.32 bits per heavy atom. The van der Waals surface area contributed by atoms with Crippen molar-refractivity contribution in [2.24, 2.45) is 5.73 Å². The molecule has 0 saturated carbocycles. The lowest BCUT2D eigenvalue weighted by Crippen LogP contribution is -2.25. The second kappa shape index (κ2) is 8.46. The standard InChI is InChI=1S/C15H26N2OS/c1-5-17(6-2)10-11-19-14-9-7-8-13(18-4)15(14)12(3)16/h7-9,12H,5-6,10-11,16H2,1-4H3/t12-/m1/s1. The first-order valence-corrected chi connectivity index (χ1v) is 7.90. The fourth-order valence-electron chi connectivity index (χ4n) is 2.10. The summed E-state index contributed by atoms with van der Waals surface area (Å²) in [5, 5.41) is 0.